The Bertz CT molecular complexity index is 890. The van der Waals surface area contributed by atoms with E-state index in [2.05, 4.69) is 6.58 Å². The summed E-state index contributed by atoms with van der Waals surface area (Å²) < 4.78 is 0. The zero-order valence-electron chi connectivity index (χ0n) is 15.5. The summed E-state index contributed by atoms with van der Waals surface area (Å²) in [5.74, 6) is -0.219. The number of amides is 2. The van der Waals surface area contributed by atoms with Gasteiger partial charge in [-0.2, -0.15) is 0 Å². The topological polar surface area (TPSA) is 40.6 Å². The standard InChI is InChI=1S/C22H22N2O2S2/c1-2-12-23(22(26)20-11-7-14-28-20)17-21(25)24(16-19-10-6-13-27-19)15-18-8-4-3-5-9-18/h2-11,13-14H,1,12,15-17H2. The molecule has 2 aromatic heterocycles. The molecule has 3 rings (SSSR count). The highest BCUT2D eigenvalue weighted by Crippen LogP contribution is 2.16. The fourth-order valence-electron chi connectivity index (χ4n) is 2.82. The van der Waals surface area contributed by atoms with E-state index in [4.69, 9.17) is 0 Å². The summed E-state index contributed by atoms with van der Waals surface area (Å²) in [4.78, 5) is 31.0. The molecule has 3 aromatic rings. The van der Waals surface area contributed by atoms with Crippen LogP contribution in [0, 0.1) is 0 Å². The van der Waals surface area contributed by atoms with Crippen molar-refractivity contribution in [1.82, 2.24) is 9.80 Å². The van der Waals surface area contributed by atoms with E-state index in [0.717, 1.165) is 10.4 Å². The number of benzene rings is 1. The van der Waals surface area contributed by atoms with Crippen LogP contribution >= 0.6 is 22.7 Å². The zero-order chi connectivity index (χ0) is 19.8. The minimum absolute atomic E-state index is 0.0287. The predicted molar refractivity (Wildman–Crippen MR) is 115 cm³/mol. The predicted octanol–water partition coefficient (Wildman–Crippen LogP) is 4.67. The van der Waals surface area contributed by atoms with Gasteiger partial charge in [0.15, 0.2) is 0 Å². The van der Waals surface area contributed by atoms with Crippen LogP contribution in [0.2, 0.25) is 0 Å². The molecule has 0 atom stereocenters. The molecule has 0 aliphatic carbocycles. The highest BCUT2D eigenvalue weighted by Gasteiger charge is 2.22. The van der Waals surface area contributed by atoms with Crippen LogP contribution in [0.15, 0.2) is 78.0 Å². The van der Waals surface area contributed by atoms with E-state index in [1.807, 2.05) is 59.3 Å². The summed E-state index contributed by atoms with van der Waals surface area (Å²) >= 11 is 3.00. The molecular weight excluding hydrogens is 388 g/mol. The second-order valence-electron chi connectivity index (χ2n) is 6.27. The Labute approximate surface area is 173 Å². The Morgan fingerprint density at radius 2 is 1.64 bits per heavy atom. The molecule has 0 aliphatic heterocycles. The van der Waals surface area contributed by atoms with Gasteiger partial charge in [0.25, 0.3) is 5.91 Å². The molecule has 28 heavy (non-hydrogen) atoms. The minimum Gasteiger partial charge on any atom is -0.332 e. The summed E-state index contributed by atoms with van der Waals surface area (Å²) in [6.07, 6.45) is 1.65. The number of hydrogen-bond donors (Lipinski definition) is 0. The first-order valence-corrected chi connectivity index (χ1v) is 10.7. The molecule has 0 aliphatic rings. The molecular formula is C22H22N2O2S2. The van der Waals surface area contributed by atoms with Crippen molar-refractivity contribution in [2.24, 2.45) is 0 Å². The molecule has 0 saturated carbocycles. The van der Waals surface area contributed by atoms with E-state index >= 15 is 0 Å². The van der Waals surface area contributed by atoms with E-state index < -0.39 is 0 Å². The van der Waals surface area contributed by atoms with Crippen LogP contribution < -0.4 is 0 Å². The van der Waals surface area contributed by atoms with Gasteiger partial charge in [-0.1, -0.05) is 48.5 Å². The number of carbonyl (C=O) groups is 2. The van der Waals surface area contributed by atoms with E-state index in [9.17, 15) is 9.59 Å². The van der Waals surface area contributed by atoms with E-state index in [1.165, 1.54) is 11.3 Å². The first-order chi connectivity index (χ1) is 13.7. The third kappa shape index (κ3) is 5.41. The van der Waals surface area contributed by atoms with Crippen molar-refractivity contribution in [1.29, 1.82) is 0 Å². The molecule has 2 heterocycles. The molecule has 0 N–H and O–H groups in total. The third-order valence-electron chi connectivity index (χ3n) is 4.19. The SMILES string of the molecule is C=CCN(CC(=O)N(Cc1ccccc1)Cc1cccs1)C(=O)c1cccs1. The van der Waals surface area contributed by atoms with Gasteiger partial charge < -0.3 is 9.80 Å². The fraction of sp³-hybridized carbons (Fsp3) is 0.182. The van der Waals surface area contributed by atoms with Gasteiger partial charge >= 0.3 is 0 Å². The van der Waals surface area contributed by atoms with Crippen LogP contribution in [0.25, 0.3) is 0 Å². The number of carbonyl (C=O) groups excluding carboxylic acids is 2. The van der Waals surface area contributed by atoms with Crippen LogP contribution in [0.3, 0.4) is 0 Å². The van der Waals surface area contributed by atoms with Crippen molar-refractivity contribution in [3.05, 3.63) is 93.3 Å². The molecule has 0 unspecified atom stereocenters. The Hall–Kier alpha value is -2.70. The monoisotopic (exact) mass is 410 g/mol. The highest BCUT2D eigenvalue weighted by atomic mass is 32.1. The quantitative estimate of drug-likeness (QED) is 0.481. The van der Waals surface area contributed by atoms with Gasteiger partial charge in [0.1, 0.15) is 6.54 Å². The molecule has 6 heteroatoms. The molecule has 0 radical (unpaired) electrons. The average molecular weight is 411 g/mol. The van der Waals surface area contributed by atoms with Crippen molar-refractivity contribution in [3.8, 4) is 0 Å². The number of hydrogen-bond acceptors (Lipinski definition) is 4. The van der Waals surface area contributed by atoms with E-state index in [0.29, 0.717) is 24.5 Å². The molecule has 4 nitrogen and oxygen atoms in total. The lowest BCUT2D eigenvalue weighted by molar-refractivity contribution is -0.133. The smallest absolute Gasteiger partial charge is 0.264 e. The molecule has 0 saturated heterocycles. The van der Waals surface area contributed by atoms with E-state index in [-0.39, 0.29) is 18.4 Å². The Morgan fingerprint density at radius 3 is 2.29 bits per heavy atom. The first-order valence-electron chi connectivity index (χ1n) is 8.95. The van der Waals surface area contributed by atoms with Gasteiger partial charge in [0.2, 0.25) is 5.91 Å². The van der Waals surface area contributed by atoms with Crippen LogP contribution in [0.5, 0.6) is 0 Å². The van der Waals surface area contributed by atoms with Crippen molar-refractivity contribution in [2.75, 3.05) is 13.1 Å². The Morgan fingerprint density at radius 1 is 0.893 bits per heavy atom. The molecule has 0 fully saturated rings. The first kappa shape index (κ1) is 20.0. The molecule has 1 aromatic carbocycles. The Balaban J connectivity index is 1.76. The van der Waals surface area contributed by atoms with Gasteiger partial charge in [0, 0.05) is 18.0 Å². The summed E-state index contributed by atoms with van der Waals surface area (Å²) in [5, 5.41) is 3.87. The minimum atomic E-state index is -0.140. The zero-order valence-corrected chi connectivity index (χ0v) is 17.1. The lowest BCUT2D eigenvalue weighted by Gasteiger charge is -2.27. The summed E-state index contributed by atoms with van der Waals surface area (Å²) in [6.45, 7) is 5.13. The maximum atomic E-state index is 13.1. The summed E-state index contributed by atoms with van der Waals surface area (Å²) in [7, 11) is 0. The highest BCUT2D eigenvalue weighted by molar-refractivity contribution is 7.12. The average Bonchev–Trinajstić information content (AvgIpc) is 3.41. The van der Waals surface area contributed by atoms with Crippen molar-refractivity contribution in [2.45, 2.75) is 13.1 Å². The largest absolute Gasteiger partial charge is 0.332 e. The molecule has 2 amide bonds. The maximum absolute atomic E-state index is 13.1. The molecule has 144 valence electrons. The lowest BCUT2D eigenvalue weighted by atomic mass is 10.2. The van der Waals surface area contributed by atoms with Crippen LogP contribution in [0.4, 0.5) is 0 Å². The van der Waals surface area contributed by atoms with Crippen LogP contribution in [0.1, 0.15) is 20.1 Å². The van der Waals surface area contributed by atoms with Crippen molar-refractivity contribution >= 4 is 34.5 Å². The lowest BCUT2D eigenvalue weighted by Crippen LogP contribution is -2.42. The third-order valence-corrected chi connectivity index (χ3v) is 5.91. The van der Waals surface area contributed by atoms with Gasteiger partial charge in [-0.15, -0.1) is 29.3 Å². The Kier molecular flexibility index (Phi) is 7.17. The normalized spacial score (nSPS) is 10.4. The number of thiophene rings is 2. The van der Waals surface area contributed by atoms with Crippen LogP contribution in [-0.2, 0) is 17.9 Å². The fourth-order valence-corrected chi connectivity index (χ4v) is 4.23. The van der Waals surface area contributed by atoms with Gasteiger partial charge in [-0.3, -0.25) is 9.59 Å². The number of nitrogens with zero attached hydrogens (tertiary/aromatic N) is 2. The molecule has 0 bridgehead atoms. The maximum Gasteiger partial charge on any atom is 0.264 e. The van der Waals surface area contributed by atoms with Crippen LogP contribution in [-0.4, -0.2) is 34.7 Å². The number of rotatable bonds is 9. The summed E-state index contributed by atoms with van der Waals surface area (Å²) in [6, 6.07) is 17.5. The molecule has 0 spiro atoms. The second-order valence-corrected chi connectivity index (χ2v) is 8.25. The van der Waals surface area contributed by atoms with E-state index in [1.54, 1.807) is 33.3 Å². The van der Waals surface area contributed by atoms with Gasteiger partial charge in [0.05, 0.1) is 11.4 Å². The van der Waals surface area contributed by atoms with Crippen molar-refractivity contribution in [3.63, 3.8) is 0 Å². The van der Waals surface area contributed by atoms with Gasteiger partial charge in [-0.25, -0.2) is 0 Å². The van der Waals surface area contributed by atoms with Crippen molar-refractivity contribution < 1.29 is 9.59 Å². The second kappa shape index (κ2) is 10.0. The van der Waals surface area contributed by atoms with Gasteiger partial charge in [-0.05, 0) is 28.5 Å². The summed E-state index contributed by atoms with van der Waals surface area (Å²) in [5.41, 5.74) is 1.06.